The van der Waals surface area contributed by atoms with Crippen molar-refractivity contribution in [1.82, 2.24) is 9.78 Å². The molecule has 6 nitrogen and oxygen atoms in total. The van der Waals surface area contributed by atoms with E-state index >= 15 is 0 Å². The van der Waals surface area contributed by atoms with Gasteiger partial charge in [-0.15, -0.1) is 5.54 Å². The minimum atomic E-state index is -1.59. The van der Waals surface area contributed by atoms with Crippen LogP contribution in [0.2, 0.25) is 19.6 Å². The third-order valence-electron chi connectivity index (χ3n) is 3.22. The highest BCUT2D eigenvalue weighted by molar-refractivity contribution is 6.83. The van der Waals surface area contributed by atoms with Crippen LogP contribution in [0.3, 0.4) is 0 Å². The zero-order valence-corrected chi connectivity index (χ0v) is 15.8. The van der Waals surface area contributed by atoms with Crippen molar-refractivity contribution in [2.45, 2.75) is 26.6 Å². The molecule has 0 aliphatic heterocycles. The van der Waals surface area contributed by atoms with Gasteiger partial charge < -0.3 is 10.5 Å². The van der Waals surface area contributed by atoms with Crippen molar-refractivity contribution in [3.05, 3.63) is 41.2 Å². The molecular weight excluding hydrogens is 332 g/mol. The van der Waals surface area contributed by atoms with Crippen molar-refractivity contribution in [3.63, 3.8) is 0 Å². The van der Waals surface area contributed by atoms with Gasteiger partial charge in [-0.25, -0.2) is 9.48 Å². The normalized spacial score (nSPS) is 10.5. The Morgan fingerprint density at radius 1 is 1.36 bits per heavy atom. The predicted molar refractivity (Wildman–Crippen MR) is 98.9 cm³/mol. The lowest BCUT2D eigenvalue weighted by Crippen LogP contribution is -2.16. The van der Waals surface area contributed by atoms with E-state index in [0.29, 0.717) is 34.7 Å². The van der Waals surface area contributed by atoms with Gasteiger partial charge in [-0.05, 0) is 19.1 Å². The zero-order valence-electron chi connectivity index (χ0n) is 14.8. The number of ether oxygens (including phenoxy) is 1. The third kappa shape index (κ3) is 4.49. The van der Waals surface area contributed by atoms with E-state index in [9.17, 15) is 10.1 Å². The highest BCUT2D eigenvalue weighted by Gasteiger charge is 2.14. The molecule has 0 radical (unpaired) electrons. The number of anilines is 1. The van der Waals surface area contributed by atoms with Crippen LogP contribution in [0.25, 0.3) is 5.69 Å². The van der Waals surface area contributed by atoms with Crippen molar-refractivity contribution >= 4 is 19.7 Å². The summed E-state index contributed by atoms with van der Waals surface area (Å²) in [5, 5.41) is 13.5. The maximum Gasteiger partial charge on any atom is 0.341 e. The molecule has 0 bridgehead atoms. The first-order valence-electron chi connectivity index (χ1n) is 7.84. The van der Waals surface area contributed by atoms with Crippen molar-refractivity contribution in [2.24, 2.45) is 0 Å². The molecule has 0 aliphatic rings. The SMILES string of the molecule is CCOC(=O)c1cnn(-c2cc(C#N)c(N)c(C#C[Si](C)(C)C)c2)c1. The van der Waals surface area contributed by atoms with Gasteiger partial charge >= 0.3 is 5.97 Å². The van der Waals surface area contributed by atoms with Crippen LogP contribution in [0.1, 0.15) is 28.4 Å². The minimum absolute atomic E-state index is 0.293. The molecule has 1 heterocycles. The molecule has 128 valence electrons. The monoisotopic (exact) mass is 352 g/mol. The molecule has 2 rings (SSSR count). The van der Waals surface area contributed by atoms with Crippen LogP contribution in [-0.4, -0.2) is 30.4 Å². The quantitative estimate of drug-likeness (QED) is 0.397. The van der Waals surface area contributed by atoms with E-state index in [1.54, 1.807) is 25.3 Å². The summed E-state index contributed by atoms with van der Waals surface area (Å²) in [7, 11) is -1.59. The summed E-state index contributed by atoms with van der Waals surface area (Å²) in [6.07, 6.45) is 2.98. The van der Waals surface area contributed by atoms with Gasteiger partial charge in [0.15, 0.2) is 0 Å². The Hall–Kier alpha value is -3.03. The number of hydrogen-bond acceptors (Lipinski definition) is 5. The second-order valence-corrected chi connectivity index (χ2v) is 11.2. The van der Waals surface area contributed by atoms with E-state index < -0.39 is 14.0 Å². The maximum absolute atomic E-state index is 11.8. The predicted octanol–water partition coefficient (Wildman–Crippen LogP) is 2.73. The van der Waals surface area contributed by atoms with Crippen LogP contribution in [0.4, 0.5) is 5.69 Å². The summed E-state index contributed by atoms with van der Waals surface area (Å²) >= 11 is 0. The highest BCUT2D eigenvalue weighted by Crippen LogP contribution is 2.22. The molecule has 0 fully saturated rings. The standard InChI is InChI=1S/C18H20N4O2Si/c1-5-24-18(23)15-11-21-22(12-15)16-8-13(6-7-25(2,3)4)17(20)14(9-16)10-19/h8-9,11-12H,5,20H2,1-4H3. The second-order valence-electron chi connectivity index (χ2n) is 6.46. The van der Waals surface area contributed by atoms with Gasteiger partial charge in [-0.1, -0.05) is 25.6 Å². The Bertz CT molecular complexity index is 908. The van der Waals surface area contributed by atoms with E-state index in [-0.39, 0.29) is 0 Å². The molecule has 0 aliphatic carbocycles. The third-order valence-corrected chi connectivity index (χ3v) is 4.09. The van der Waals surface area contributed by atoms with Crippen molar-refractivity contribution in [2.75, 3.05) is 12.3 Å². The van der Waals surface area contributed by atoms with Crippen molar-refractivity contribution < 1.29 is 9.53 Å². The largest absolute Gasteiger partial charge is 0.462 e. The molecule has 7 heteroatoms. The number of nitrogen functional groups attached to an aromatic ring is 1. The van der Waals surface area contributed by atoms with Crippen molar-refractivity contribution in [1.29, 1.82) is 5.26 Å². The summed E-state index contributed by atoms with van der Waals surface area (Å²) in [6.45, 7) is 8.42. The second kappa shape index (κ2) is 7.25. The molecular formula is C18H20N4O2Si. The molecule has 0 atom stereocenters. The van der Waals surface area contributed by atoms with Gasteiger partial charge in [0, 0.05) is 6.20 Å². The van der Waals surface area contributed by atoms with Crippen LogP contribution in [0.15, 0.2) is 24.5 Å². The zero-order chi connectivity index (χ0) is 18.6. The molecule has 2 N–H and O–H groups in total. The lowest BCUT2D eigenvalue weighted by atomic mass is 10.1. The van der Waals surface area contributed by atoms with Crippen LogP contribution < -0.4 is 5.73 Å². The van der Waals surface area contributed by atoms with Gasteiger partial charge in [0.2, 0.25) is 0 Å². The lowest BCUT2D eigenvalue weighted by molar-refractivity contribution is 0.0526. The van der Waals surface area contributed by atoms with Crippen LogP contribution >= 0.6 is 0 Å². The Morgan fingerprint density at radius 3 is 2.64 bits per heavy atom. The summed E-state index contributed by atoms with van der Waals surface area (Å²) in [5.74, 6) is 2.65. The van der Waals surface area contributed by atoms with E-state index in [2.05, 4.69) is 42.3 Å². The number of nitriles is 1. The smallest absolute Gasteiger partial charge is 0.341 e. The molecule has 25 heavy (non-hydrogen) atoms. The average molecular weight is 352 g/mol. The number of nitrogens with two attached hydrogens (primary N) is 1. The van der Waals surface area contributed by atoms with Crippen LogP contribution in [0.5, 0.6) is 0 Å². The Balaban J connectivity index is 2.50. The number of nitrogens with zero attached hydrogens (tertiary/aromatic N) is 3. The summed E-state index contributed by atoms with van der Waals surface area (Å²) in [6, 6.07) is 5.47. The molecule has 0 saturated carbocycles. The number of benzene rings is 1. The van der Waals surface area contributed by atoms with Gasteiger partial charge in [-0.2, -0.15) is 10.4 Å². The first-order valence-corrected chi connectivity index (χ1v) is 11.3. The minimum Gasteiger partial charge on any atom is -0.462 e. The topological polar surface area (TPSA) is 93.9 Å². The molecule has 0 unspecified atom stereocenters. The first kappa shape index (κ1) is 18.3. The highest BCUT2D eigenvalue weighted by atomic mass is 28.3. The number of carbonyl (C=O) groups is 1. The average Bonchev–Trinajstić information content (AvgIpc) is 3.03. The summed E-state index contributed by atoms with van der Waals surface area (Å²) < 4.78 is 6.46. The number of carbonyl (C=O) groups excluding carboxylic acids is 1. The van der Waals surface area contributed by atoms with Crippen LogP contribution in [-0.2, 0) is 4.74 Å². The maximum atomic E-state index is 11.8. The van der Waals surface area contributed by atoms with Gasteiger partial charge in [-0.3, -0.25) is 0 Å². The molecule has 2 aromatic rings. The van der Waals surface area contributed by atoms with E-state index in [1.807, 2.05) is 0 Å². The molecule has 0 spiro atoms. The van der Waals surface area contributed by atoms with Gasteiger partial charge in [0.25, 0.3) is 0 Å². The fourth-order valence-corrected chi connectivity index (χ4v) is 2.51. The fraction of sp³-hybridized carbons (Fsp3) is 0.278. The van der Waals surface area contributed by atoms with Gasteiger partial charge in [0.1, 0.15) is 14.1 Å². The van der Waals surface area contributed by atoms with E-state index in [0.717, 1.165) is 0 Å². The van der Waals surface area contributed by atoms with Crippen LogP contribution in [0, 0.1) is 22.8 Å². The Morgan fingerprint density at radius 2 is 2.04 bits per heavy atom. The molecule has 1 aromatic heterocycles. The summed E-state index contributed by atoms with van der Waals surface area (Å²) in [4.78, 5) is 11.8. The first-order chi connectivity index (χ1) is 11.7. The number of esters is 1. The number of hydrogen-bond donors (Lipinski definition) is 1. The van der Waals surface area contributed by atoms with E-state index in [4.69, 9.17) is 10.5 Å². The number of rotatable bonds is 3. The van der Waals surface area contributed by atoms with Gasteiger partial charge in [0.05, 0.1) is 40.9 Å². The van der Waals surface area contributed by atoms with E-state index in [1.165, 1.54) is 10.9 Å². The Labute approximate surface area is 148 Å². The molecule has 1 aromatic carbocycles. The number of aromatic nitrogens is 2. The summed E-state index contributed by atoms with van der Waals surface area (Å²) in [5.41, 5.74) is 11.5. The lowest BCUT2D eigenvalue weighted by Gasteiger charge is -2.08. The Kier molecular flexibility index (Phi) is 5.31. The van der Waals surface area contributed by atoms with Crippen molar-refractivity contribution in [3.8, 4) is 23.2 Å². The fourth-order valence-electron chi connectivity index (χ4n) is 2.00. The molecule has 0 amide bonds. The molecule has 0 saturated heterocycles.